The molecule has 1 atom stereocenters. The van der Waals surface area contributed by atoms with Gasteiger partial charge in [0.25, 0.3) is 0 Å². The maximum Gasteiger partial charge on any atom is 0.148 e. The van der Waals surface area contributed by atoms with Crippen LogP contribution in [0.1, 0.15) is 12.6 Å². The third kappa shape index (κ3) is 2.03. The fraction of sp³-hybridized carbons (Fsp3) is 0.214. The van der Waals surface area contributed by atoms with E-state index < -0.39 is 0 Å². The van der Waals surface area contributed by atoms with Crippen molar-refractivity contribution in [2.75, 3.05) is 11.9 Å². The Morgan fingerprint density at radius 1 is 1.44 bits per heavy atom. The predicted molar refractivity (Wildman–Crippen MR) is 70.4 cm³/mol. The van der Waals surface area contributed by atoms with Crippen LogP contribution in [0.15, 0.2) is 30.5 Å². The van der Waals surface area contributed by atoms with Gasteiger partial charge in [-0.05, 0) is 36.6 Å². The largest absolute Gasteiger partial charge is 0.365 e. The van der Waals surface area contributed by atoms with Crippen LogP contribution in [-0.4, -0.2) is 24.4 Å². The number of carbonyl (C=O) groups is 1. The third-order valence-electron chi connectivity index (χ3n) is 3.07. The second-order valence-corrected chi connectivity index (χ2v) is 4.16. The van der Waals surface area contributed by atoms with Gasteiger partial charge < -0.3 is 9.69 Å². The molecule has 2 aromatic rings. The summed E-state index contributed by atoms with van der Waals surface area (Å²) in [5.41, 5.74) is 1.36. The van der Waals surface area contributed by atoms with E-state index in [1.54, 1.807) is 6.20 Å². The normalized spacial score (nSPS) is 11.8. The van der Waals surface area contributed by atoms with Crippen LogP contribution in [0.5, 0.6) is 0 Å². The summed E-state index contributed by atoms with van der Waals surface area (Å²) in [4.78, 5) is 16.7. The lowest BCUT2D eigenvalue weighted by molar-refractivity contribution is -0.108. The van der Waals surface area contributed by atoms with Crippen LogP contribution in [0, 0.1) is 11.3 Å². The van der Waals surface area contributed by atoms with E-state index in [1.807, 2.05) is 43.1 Å². The molecule has 0 saturated carbocycles. The highest BCUT2D eigenvalue weighted by molar-refractivity contribution is 5.89. The Morgan fingerprint density at radius 2 is 2.22 bits per heavy atom. The summed E-state index contributed by atoms with van der Waals surface area (Å²) in [5.74, 6) is 0. The topological polar surface area (TPSA) is 57.0 Å². The van der Waals surface area contributed by atoms with Gasteiger partial charge in [0, 0.05) is 24.3 Å². The third-order valence-corrected chi connectivity index (χ3v) is 3.07. The van der Waals surface area contributed by atoms with Crippen LogP contribution in [0.4, 0.5) is 5.69 Å². The van der Waals surface area contributed by atoms with Gasteiger partial charge in [-0.15, -0.1) is 0 Å². The molecule has 90 valence electrons. The minimum Gasteiger partial charge on any atom is -0.365 e. The van der Waals surface area contributed by atoms with Crippen LogP contribution in [0.2, 0.25) is 0 Å². The zero-order valence-electron chi connectivity index (χ0n) is 10.3. The quantitative estimate of drug-likeness (QED) is 0.770. The molecule has 0 unspecified atom stereocenters. The van der Waals surface area contributed by atoms with Crippen LogP contribution < -0.4 is 4.90 Å². The fourth-order valence-corrected chi connectivity index (χ4v) is 1.80. The number of rotatable bonds is 3. The summed E-state index contributed by atoms with van der Waals surface area (Å²) in [6, 6.07) is 9.47. The van der Waals surface area contributed by atoms with Crippen molar-refractivity contribution in [3.63, 3.8) is 0 Å². The highest BCUT2D eigenvalue weighted by atomic mass is 16.1. The molecule has 4 heteroatoms. The number of carbonyl (C=O) groups excluding carboxylic acids is 1. The lowest BCUT2D eigenvalue weighted by Gasteiger charge is -2.23. The predicted octanol–water partition coefficient (Wildman–Crippen LogP) is 2.13. The van der Waals surface area contributed by atoms with Gasteiger partial charge in [0.1, 0.15) is 18.0 Å². The van der Waals surface area contributed by atoms with Crippen molar-refractivity contribution >= 4 is 22.7 Å². The van der Waals surface area contributed by atoms with Gasteiger partial charge >= 0.3 is 0 Å². The van der Waals surface area contributed by atoms with E-state index in [2.05, 4.69) is 11.1 Å². The summed E-state index contributed by atoms with van der Waals surface area (Å²) in [6.07, 6.45) is 2.52. The number of pyridine rings is 1. The summed E-state index contributed by atoms with van der Waals surface area (Å²) in [7, 11) is 1.87. The Labute approximate surface area is 105 Å². The van der Waals surface area contributed by atoms with Crippen molar-refractivity contribution in [1.82, 2.24) is 4.98 Å². The van der Waals surface area contributed by atoms with Crippen molar-refractivity contribution < 1.29 is 4.79 Å². The number of nitrogens with zero attached hydrogens (tertiary/aromatic N) is 3. The number of aromatic nitrogens is 1. The molecule has 18 heavy (non-hydrogen) atoms. The molecule has 1 heterocycles. The maximum absolute atomic E-state index is 10.8. The van der Waals surface area contributed by atoms with Gasteiger partial charge in [-0.25, -0.2) is 4.98 Å². The molecule has 0 N–H and O–H groups in total. The zero-order chi connectivity index (χ0) is 13.1. The first-order chi connectivity index (χ1) is 8.67. The maximum atomic E-state index is 10.8. The first-order valence-corrected chi connectivity index (χ1v) is 5.64. The number of anilines is 1. The fourth-order valence-electron chi connectivity index (χ4n) is 1.80. The summed E-state index contributed by atoms with van der Waals surface area (Å²) < 4.78 is 0. The number of nitriles is 1. The molecule has 1 aromatic heterocycles. The van der Waals surface area contributed by atoms with E-state index >= 15 is 0 Å². The number of benzene rings is 1. The number of likely N-dealkylation sites (N-methyl/N-ethyl adjacent to an activating group) is 1. The van der Waals surface area contributed by atoms with Gasteiger partial charge in [0.2, 0.25) is 0 Å². The smallest absolute Gasteiger partial charge is 0.148 e. The van der Waals surface area contributed by atoms with Gasteiger partial charge in [0.15, 0.2) is 0 Å². The standard InChI is InChI=1S/C14H13N3O/c1-10(9-18)17(2)12-3-4-13-11(7-12)5-6-16-14(13)8-15/h3-7,9-10H,1-2H3/t10-/m1/s1. The van der Waals surface area contributed by atoms with E-state index in [4.69, 9.17) is 5.26 Å². The lowest BCUT2D eigenvalue weighted by atomic mass is 10.1. The SMILES string of the molecule is C[C@H](C=O)N(C)c1ccc2c(C#N)nccc2c1. The Bertz CT molecular complexity index is 630. The molecule has 0 spiro atoms. The molecule has 4 nitrogen and oxygen atoms in total. The zero-order valence-corrected chi connectivity index (χ0v) is 10.3. The summed E-state index contributed by atoms with van der Waals surface area (Å²) >= 11 is 0. The first kappa shape index (κ1) is 12.1. The highest BCUT2D eigenvalue weighted by Gasteiger charge is 2.10. The molecule has 0 amide bonds. The van der Waals surface area contributed by atoms with E-state index in [1.165, 1.54) is 0 Å². The Hall–Kier alpha value is -2.41. The van der Waals surface area contributed by atoms with Gasteiger partial charge in [-0.3, -0.25) is 0 Å². The molecule has 0 saturated heterocycles. The Kier molecular flexibility index (Phi) is 3.24. The molecule has 0 aliphatic heterocycles. The molecular formula is C14H13N3O. The number of hydrogen-bond acceptors (Lipinski definition) is 4. The first-order valence-electron chi connectivity index (χ1n) is 5.64. The molecular weight excluding hydrogens is 226 g/mol. The molecule has 0 bridgehead atoms. The number of aldehydes is 1. The van der Waals surface area contributed by atoms with Crippen molar-refractivity contribution in [2.24, 2.45) is 0 Å². The van der Waals surface area contributed by atoms with Gasteiger partial charge in [-0.2, -0.15) is 5.26 Å². The average molecular weight is 239 g/mol. The summed E-state index contributed by atoms with van der Waals surface area (Å²) in [6.45, 7) is 1.84. The van der Waals surface area contributed by atoms with E-state index in [0.717, 1.165) is 22.7 Å². The molecule has 0 aliphatic rings. The van der Waals surface area contributed by atoms with Gasteiger partial charge in [0.05, 0.1) is 6.04 Å². The molecule has 0 radical (unpaired) electrons. The minimum atomic E-state index is -0.181. The lowest BCUT2D eigenvalue weighted by Crippen LogP contribution is -2.29. The number of fused-ring (bicyclic) bond motifs is 1. The number of hydrogen-bond donors (Lipinski definition) is 0. The second kappa shape index (κ2) is 4.84. The van der Waals surface area contributed by atoms with Crippen LogP contribution >= 0.6 is 0 Å². The second-order valence-electron chi connectivity index (χ2n) is 4.16. The van der Waals surface area contributed by atoms with Crippen molar-refractivity contribution in [2.45, 2.75) is 13.0 Å². The Morgan fingerprint density at radius 3 is 2.89 bits per heavy atom. The van der Waals surface area contributed by atoms with E-state index in [-0.39, 0.29) is 6.04 Å². The average Bonchev–Trinajstić information content (AvgIpc) is 2.44. The molecule has 2 rings (SSSR count). The van der Waals surface area contributed by atoms with Crippen molar-refractivity contribution in [1.29, 1.82) is 5.26 Å². The highest BCUT2D eigenvalue weighted by Crippen LogP contribution is 2.23. The van der Waals surface area contributed by atoms with Crippen molar-refractivity contribution in [3.8, 4) is 6.07 Å². The molecule has 0 fully saturated rings. The van der Waals surface area contributed by atoms with Crippen LogP contribution in [-0.2, 0) is 4.79 Å². The minimum absolute atomic E-state index is 0.181. The molecule has 0 aliphatic carbocycles. The van der Waals surface area contributed by atoms with Crippen LogP contribution in [0.3, 0.4) is 0 Å². The van der Waals surface area contributed by atoms with E-state index in [9.17, 15) is 4.79 Å². The monoisotopic (exact) mass is 239 g/mol. The van der Waals surface area contributed by atoms with Crippen molar-refractivity contribution in [3.05, 3.63) is 36.2 Å². The Balaban J connectivity index is 2.52. The van der Waals surface area contributed by atoms with E-state index in [0.29, 0.717) is 5.69 Å². The van der Waals surface area contributed by atoms with Crippen LogP contribution in [0.25, 0.3) is 10.8 Å². The molecule has 1 aromatic carbocycles. The van der Waals surface area contributed by atoms with Gasteiger partial charge in [-0.1, -0.05) is 0 Å². The summed E-state index contributed by atoms with van der Waals surface area (Å²) in [5, 5.41) is 10.7.